The number of para-hydroxylation sites is 1. The van der Waals surface area contributed by atoms with E-state index in [4.69, 9.17) is 0 Å². The van der Waals surface area contributed by atoms with Crippen LogP contribution in [0.4, 0.5) is 5.82 Å². The normalized spacial score (nSPS) is 16.5. The van der Waals surface area contributed by atoms with Crippen molar-refractivity contribution >= 4 is 33.3 Å². The first-order chi connectivity index (χ1) is 12.7. The van der Waals surface area contributed by atoms with Crippen molar-refractivity contribution in [1.82, 2.24) is 14.8 Å². The van der Waals surface area contributed by atoms with E-state index in [1.807, 2.05) is 42.6 Å². The zero-order valence-electron chi connectivity index (χ0n) is 14.1. The summed E-state index contributed by atoms with van der Waals surface area (Å²) in [5, 5.41) is 8.31. The molecule has 0 unspecified atom stereocenters. The summed E-state index contributed by atoms with van der Waals surface area (Å²) in [5.74, 6) is 0.755. The van der Waals surface area contributed by atoms with Crippen molar-refractivity contribution in [3.8, 4) is 5.13 Å². The number of benzene rings is 2. The van der Waals surface area contributed by atoms with Gasteiger partial charge in [-0.3, -0.25) is 4.79 Å². The van der Waals surface area contributed by atoms with E-state index in [2.05, 4.69) is 34.5 Å². The molecule has 4 aromatic rings. The van der Waals surface area contributed by atoms with Crippen molar-refractivity contribution in [1.29, 1.82) is 0 Å². The monoisotopic (exact) mass is 360 g/mol. The minimum absolute atomic E-state index is 0.00798. The Labute approximate surface area is 154 Å². The highest BCUT2D eigenvalue weighted by molar-refractivity contribution is 7.20. The van der Waals surface area contributed by atoms with Crippen LogP contribution in [0.25, 0.3) is 15.3 Å². The second kappa shape index (κ2) is 5.78. The number of aromatic nitrogens is 3. The zero-order chi connectivity index (χ0) is 17.7. The van der Waals surface area contributed by atoms with Gasteiger partial charge in [-0.15, -0.1) is 0 Å². The molecule has 5 rings (SSSR count). The molecule has 1 N–H and O–H groups in total. The van der Waals surface area contributed by atoms with Gasteiger partial charge in [-0.25, -0.2) is 4.98 Å². The van der Waals surface area contributed by atoms with Crippen LogP contribution in [-0.4, -0.2) is 20.7 Å². The largest absolute Gasteiger partial charge is 0.310 e. The van der Waals surface area contributed by atoms with Gasteiger partial charge < -0.3 is 5.32 Å². The molecule has 0 fully saturated rings. The number of nitrogens with one attached hydrogen (secondary N) is 1. The van der Waals surface area contributed by atoms with Gasteiger partial charge >= 0.3 is 0 Å². The molecular formula is C20H16N4OS. The molecule has 0 bridgehead atoms. The van der Waals surface area contributed by atoms with Crippen molar-refractivity contribution in [2.24, 2.45) is 0 Å². The fourth-order valence-electron chi connectivity index (χ4n) is 3.57. The Morgan fingerprint density at radius 1 is 1.12 bits per heavy atom. The van der Waals surface area contributed by atoms with Gasteiger partial charge in [-0.1, -0.05) is 47.7 Å². The van der Waals surface area contributed by atoms with Gasteiger partial charge in [0.1, 0.15) is 5.82 Å². The summed E-state index contributed by atoms with van der Waals surface area (Å²) in [7, 11) is 0. The molecule has 0 saturated carbocycles. The fraction of sp³-hybridized carbons (Fsp3) is 0.150. The van der Waals surface area contributed by atoms with Crippen LogP contribution in [0.5, 0.6) is 0 Å². The summed E-state index contributed by atoms with van der Waals surface area (Å²) in [4.78, 5) is 17.1. The second-order valence-electron chi connectivity index (χ2n) is 6.49. The van der Waals surface area contributed by atoms with Gasteiger partial charge in [-0.05, 0) is 30.2 Å². The smallest absolute Gasteiger partial charge is 0.226 e. The lowest BCUT2D eigenvalue weighted by Gasteiger charge is -2.24. The standard InChI is InChI=1S/C20H16N4OS/c1-12-6-2-3-7-13(12)14-10-18(25)23-19-15(14)11-21-24(19)20-22-16-8-4-5-9-17(16)26-20/h2-9,11,14H,10H2,1H3,(H,23,25)/t14-/m0/s1. The third-order valence-corrected chi connectivity index (χ3v) is 5.86. The van der Waals surface area contributed by atoms with Crippen LogP contribution in [0, 0.1) is 6.92 Å². The van der Waals surface area contributed by atoms with Crippen LogP contribution in [-0.2, 0) is 4.79 Å². The average molecular weight is 360 g/mol. The third kappa shape index (κ3) is 2.34. The first-order valence-electron chi connectivity index (χ1n) is 8.50. The number of carbonyl (C=O) groups excluding carboxylic acids is 1. The summed E-state index contributed by atoms with van der Waals surface area (Å²) in [5.41, 5.74) is 4.34. The summed E-state index contributed by atoms with van der Waals surface area (Å²) >= 11 is 1.57. The van der Waals surface area contributed by atoms with E-state index in [0.29, 0.717) is 6.42 Å². The highest BCUT2D eigenvalue weighted by atomic mass is 32.1. The number of nitrogens with zero attached hydrogens (tertiary/aromatic N) is 3. The number of hydrogen-bond acceptors (Lipinski definition) is 4. The number of carbonyl (C=O) groups is 1. The fourth-order valence-corrected chi connectivity index (χ4v) is 4.50. The van der Waals surface area contributed by atoms with Crippen LogP contribution < -0.4 is 5.32 Å². The molecule has 5 nitrogen and oxygen atoms in total. The van der Waals surface area contributed by atoms with Gasteiger partial charge in [0.25, 0.3) is 0 Å². The van der Waals surface area contributed by atoms with E-state index in [1.54, 1.807) is 16.0 Å². The van der Waals surface area contributed by atoms with Crippen molar-refractivity contribution in [2.75, 3.05) is 5.32 Å². The number of hydrogen-bond donors (Lipinski definition) is 1. The third-order valence-electron chi connectivity index (χ3n) is 4.85. The lowest BCUT2D eigenvalue weighted by Crippen LogP contribution is -2.24. The molecule has 0 saturated heterocycles. The Morgan fingerprint density at radius 2 is 1.92 bits per heavy atom. The maximum absolute atomic E-state index is 12.4. The number of thiazole rings is 1. The molecule has 1 amide bonds. The van der Waals surface area contributed by atoms with Gasteiger partial charge in [0, 0.05) is 17.9 Å². The first kappa shape index (κ1) is 15.3. The minimum atomic E-state index is 0.00798. The summed E-state index contributed by atoms with van der Waals surface area (Å²) in [6.07, 6.45) is 2.29. The Bertz CT molecular complexity index is 1110. The molecule has 3 heterocycles. The van der Waals surface area contributed by atoms with E-state index in [-0.39, 0.29) is 11.8 Å². The van der Waals surface area contributed by atoms with Crippen molar-refractivity contribution in [2.45, 2.75) is 19.3 Å². The molecule has 0 radical (unpaired) electrons. The predicted octanol–water partition coefficient (Wildman–Crippen LogP) is 4.26. The predicted molar refractivity (Wildman–Crippen MR) is 103 cm³/mol. The Hall–Kier alpha value is -2.99. The molecule has 0 aliphatic carbocycles. The summed E-state index contributed by atoms with van der Waals surface area (Å²) in [6, 6.07) is 16.2. The average Bonchev–Trinajstić information content (AvgIpc) is 3.25. The Kier molecular flexibility index (Phi) is 3.39. The van der Waals surface area contributed by atoms with Crippen LogP contribution >= 0.6 is 11.3 Å². The molecule has 2 aromatic carbocycles. The van der Waals surface area contributed by atoms with Gasteiger partial charge in [0.15, 0.2) is 0 Å². The molecule has 2 aromatic heterocycles. The maximum atomic E-state index is 12.4. The van der Waals surface area contributed by atoms with Gasteiger partial charge in [0.05, 0.1) is 16.4 Å². The van der Waals surface area contributed by atoms with Crippen molar-refractivity contribution in [3.05, 3.63) is 71.4 Å². The van der Waals surface area contributed by atoms with E-state index in [1.165, 1.54) is 11.1 Å². The number of amides is 1. The molecule has 1 aliphatic heterocycles. The SMILES string of the molecule is Cc1ccccc1[C@@H]1CC(=O)Nc2c1cnn2-c1nc2ccccc2s1. The maximum Gasteiger partial charge on any atom is 0.226 e. The topological polar surface area (TPSA) is 59.8 Å². The first-order valence-corrected chi connectivity index (χ1v) is 9.31. The quantitative estimate of drug-likeness (QED) is 0.581. The Morgan fingerprint density at radius 3 is 2.77 bits per heavy atom. The highest BCUT2D eigenvalue weighted by Gasteiger charge is 2.31. The number of aryl methyl sites for hydroxylation is 1. The number of anilines is 1. The van der Waals surface area contributed by atoms with Gasteiger partial charge in [-0.2, -0.15) is 9.78 Å². The summed E-state index contributed by atoms with van der Waals surface area (Å²) < 4.78 is 2.85. The molecule has 1 atom stereocenters. The molecule has 1 aliphatic rings. The van der Waals surface area contributed by atoms with Crippen LogP contribution in [0.1, 0.15) is 29.0 Å². The minimum Gasteiger partial charge on any atom is -0.310 e. The van der Waals surface area contributed by atoms with E-state index in [9.17, 15) is 4.79 Å². The van der Waals surface area contributed by atoms with Crippen LogP contribution in [0.3, 0.4) is 0 Å². The highest BCUT2D eigenvalue weighted by Crippen LogP contribution is 2.39. The lowest BCUT2D eigenvalue weighted by atomic mass is 9.85. The number of rotatable bonds is 2. The molecule has 0 spiro atoms. The van der Waals surface area contributed by atoms with E-state index < -0.39 is 0 Å². The van der Waals surface area contributed by atoms with E-state index >= 15 is 0 Å². The Balaban J connectivity index is 1.66. The number of fused-ring (bicyclic) bond motifs is 2. The van der Waals surface area contributed by atoms with Crippen LogP contribution in [0.2, 0.25) is 0 Å². The molecule has 128 valence electrons. The van der Waals surface area contributed by atoms with Crippen molar-refractivity contribution in [3.63, 3.8) is 0 Å². The van der Waals surface area contributed by atoms with Gasteiger partial charge in [0.2, 0.25) is 11.0 Å². The van der Waals surface area contributed by atoms with E-state index in [0.717, 1.165) is 26.7 Å². The molecule has 26 heavy (non-hydrogen) atoms. The van der Waals surface area contributed by atoms with Crippen LogP contribution in [0.15, 0.2) is 54.7 Å². The lowest BCUT2D eigenvalue weighted by molar-refractivity contribution is -0.116. The zero-order valence-corrected chi connectivity index (χ0v) is 15.0. The van der Waals surface area contributed by atoms with Crippen molar-refractivity contribution < 1.29 is 4.79 Å². The molecule has 6 heteroatoms. The second-order valence-corrected chi connectivity index (χ2v) is 7.50. The summed E-state index contributed by atoms with van der Waals surface area (Å²) in [6.45, 7) is 2.08. The molecular weight excluding hydrogens is 344 g/mol.